The van der Waals surface area contributed by atoms with Gasteiger partial charge in [-0.3, -0.25) is 4.90 Å². The summed E-state index contributed by atoms with van der Waals surface area (Å²) in [5.41, 5.74) is 1.22. The summed E-state index contributed by atoms with van der Waals surface area (Å²) in [5.74, 6) is 0.624. The lowest BCUT2D eigenvalue weighted by Crippen LogP contribution is -2.33. The SMILES string of the molecule is Cc1nc(CN2CCCC(c3nccs3)C2)cs1. The van der Waals surface area contributed by atoms with Gasteiger partial charge in [-0.15, -0.1) is 22.7 Å². The third-order valence-electron chi connectivity index (χ3n) is 3.36. The molecule has 1 fully saturated rings. The summed E-state index contributed by atoms with van der Waals surface area (Å²) in [6, 6.07) is 0. The molecule has 1 aliphatic heterocycles. The standard InChI is InChI=1S/C13H17N3S2/c1-10-15-12(9-18-10)8-16-5-2-3-11(7-16)13-14-4-6-17-13/h4,6,9,11H,2-3,5,7-8H2,1H3. The molecule has 3 rings (SSSR count). The van der Waals surface area contributed by atoms with Gasteiger partial charge in [0, 0.05) is 36.0 Å². The predicted octanol–water partition coefficient (Wildman–Crippen LogP) is 3.29. The third kappa shape index (κ3) is 2.79. The lowest BCUT2D eigenvalue weighted by atomic mass is 9.99. The molecule has 1 unspecified atom stereocenters. The second-order valence-corrected chi connectivity index (χ2v) is 6.79. The zero-order chi connectivity index (χ0) is 12.4. The molecule has 0 radical (unpaired) electrons. The van der Waals surface area contributed by atoms with Gasteiger partial charge < -0.3 is 0 Å². The van der Waals surface area contributed by atoms with Gasteiger partial charge in [-0.1, -0.05) is 0 Å². The average Bonchev–Trinajstić information content (AvgIpc) is 3.01. The third-order valence-corrected chi connectivity index (χ3v) is 5.12. The highest BCUT2D eigenvalue weighted by Gasteiger charge is 2.23. The smallest absolute Gasteiger partial charge is 0.0968 e. The van der Waals surface area contributed by atoms with Crippen LogP contribution in [0.15, 0.2) is 17.0 Å². The molecule has 1 saturated heterocycles. The maximum absolute atomic E-state index is 4.56. The number of aryl methyl sites for hydroxylation is 1. The minimum atomic E-state index is 0.624. The highest BCUT2D eigenvalue weighted by atomic mass is 32.1. The normalized spacial score (nSPS) is 21.3. The highest BCUT2D eigenvalue weighted by Crippen LogP contribution is 2.28. The summed E-state index contributed by atoms with van der Waals surface area (Å²) in [6.07, 6.45) is 4.47. The number of thiazole rings is 2. The monoisotopic (exact) mass is 279 g/mol. The van der Waals surface area contributed by atoms with Crippen LogP contribution in [0.1, 0.15) is 34.5 Å². The van der Waals surface area contributed by atoms with E-state index in [-0.39, 0.29) is 0 Å². The largest absolute Gasteiger partial charge is 0.297 e. The Morgan fingerprint density at radius 3 is 3.11 bits per heavy atom. The molecule has 0 amide bonds. The quantitative estimate of drug-likeness (QED) is 0.863. The van der Waals surface area contributed by atoms with Crippen LogP contribution in [0.25, 0.3) is 0 Å². The molecule has 3 nitrogen and oxygen atoms in total. The molecule has 0 spiro atoms. The minimum absolute atomic E-state index is 0.624. The number of likely N-dealkylation sites (tertiary alicyclic amines) is 1. The van der Waals surface area contributed by atoms with E-state index in [1.54, 1.807) is 22.7 Å². The van der Waals surface area contributed by atoms with E-state index < -0.39 is 0 Å². The number of nitrogens with zero attached hydrogens (tertiary/aromatic N) is 3. The van der Waals surface area contributed by atoms with Crippen molar-refractivity contribution >= 4 is 22.7 Å². The number of rotatable bonds is 3. The van der Waals surface area contributed by atoms with E-state index in [1.165, 1.54) is 35.1 Å². The Morgan fingerprint density at radius 2 is 2.39 bits per heavy atom. The van der Waals surface area contributed by atoms with Crippen molar-refractivity contribution in [2.75, 3.05) is 13.1 Å². The van der Waals surface area contributed by atoms with Gasteiger partial charge in [-0.25, -0.2) is 9.97 Å². The zero-order valence-corrected chi connectivity index (χ0v) is 12.1. The van der Waals surface area contributed by atoms with E-state index >= 15 is 0 Å². The van der Waals surface area contributed by atoms with E-state index in [4.69, 9.17) is 0 Å². The maximum atomic E-state index is 4.56. The van der Waals surface area contributed by atoms with Crippen molar-refractivity contribution in [1.29, 1.82) is 0 Å². The first kappa shape index (κ1) is 12.3. The van der Waals surface area contributed by atoms with Crippen LogP contribution < -0.4 is 0 Å². The van der Waals surface area contributed by atoms with Gasteiger partial charge >= 0.3 is 0 Å². The molecule has 0 saturated carbocycles. The molecule has 5 heteroatoms. The van der Waals surface area contributed by atoms with Crippen LogP contribution in [0.3, 0.4) is 0 Å². The van der Waals surface area contributed by atoms with E-state index in [0.717, 1.165) is 13.1 Å². The molecular formula is C13H17N3S2. The average molecular weight is 279 g/mol. The van der Waals surface area contributed by atoms with Crippen LogP contribution in [-0.2, 0) is 6.54 Å². The van der Waals surface area contributed by atoms with Crippen LogP contribution in [0, 0.1) is 6.92 Å². The lowest BCUT2D eigenvalue weighted by Gasteiger charge is -2.31. The Labute approximate surface area is 116 Å². The van der Waals surface area contributed by atoms with E-state index in [0.29, 0.717) is 5.92 Å². The van der Waals surface area contributed by atoms with Crippen molar-refractivity contribution in [3.63, 3.8) is 0 Å². The Bertz CT molecular complexity index is 492. The van der Waals surface area contributed by atoms with Crippen molar-refractivity contribution in [3.8, 4) is 0 Å². The van der Waals surface area contributed by atoms with Crippen LogP contribution in [0.5, 0.6) is 0 Å². The molecule has 96 valence electrons. The lowest BCUT2D eigenvalue weighted by molar-refractivity contribution is 0.198. The van der Waals surface area contributed by atoms with Crippen molar-refractivity contribution in [3.05, 3.63) is 32.7 Å². The summed E-state index contributed by atoms with van der Waals surface area (Å²) in [7, 11) is 0. The molecule has 2 aromatic heterocycles. The van der Waals surface area contributed by atoms with Gasteiger partial charge in [0.25, 0.3) is 0 Å². The summed E-state index contributed by atoms with van der Waals surface area (Å²) < 4.78 is 0. The molecule has 18 heavy (non-hydrogen) atoms. The Morgan fingerprint density at radius 1 is 1.44 bits per heavy atom. The summed E-state index contributed by atoms with van der Waals surface area (Å²) in [5, 5.41) is 6.73. The van der Waals surface area contributed by atoms with Gasteiger partial charge in [0.2, 0.25) is 0 Å². The number of hydrogen-bond donors (Lipinski definition) is 0. The van der Waals surface area contributed by atoms with Gasteiger partial charge in [0.05, 0.1) is 15.7 Å². The number of piperidine rings is 1. The van der Waals surface area contributed by atoms with Crippen LogP contribution in [0.4, 0.5) is 0 Å². The first-order chi connectivity index (χ1) is 8.81. The fraction of sp³-hybridized carbons (Fsp3) is 0.538. The fourth-order valence-electron chi connectivity index (χ4n) is 2.55. The van der Waals surface area contributed by atoms with Gasteiger partial charge in [0.1, 0.15) is 0 Å². The first-order valence-corrected chi connectivity index (χ1v) is 8.10. The highest BCUT2D eigenvalue weighted by molar-refractivity contribution is 7.09. The Balaban J connectivity index is 1.63. The van der Waals surface area contributed by atoms with Gasteiger partial charge in [-0.05, 0) is 26.3 Å². The van der Waals surface area contributed by atoms with Crippen LogP contribution in [-0.4, -0.2) is 28.0 Å². The summed E-state index contributed by atoms with van der Waals surface area (Å²) in [6.45, 7) is 5.39. The van der Waals surface area contributed by atoms with Gasteiger partial charge in [-0.2, -0.15) is 0 Å². The van der Waals surface area contributed by atoms with Gasteiger partial charge in [0.15, 0.2) is 0 Å². The molecule has 0 N–H and O–H groups in total. The van der Waals surface area contributed by atoms with E-state index in [1.807, 2.05) is 6.20 Å². The minimum Gasteiger partial charge on any atom is -0.297 e. The molecule has 2 aromatic rings. The maximum Gasteiger partial charge on any atom is 0.0968 e. The first-order valence-electron chi connectivity index (χ1n) is 6.34. The zero-order valence-electron chi connectivity index (χ0n) is 10.5. The molecule has 3 heterocycles. The number of aromatic nitrogens is 2. The fourth-order valence-corrected chi connectivity index (χ4v) is 3.92. The summed E-state index contributed by atoms with van der Waals surface area (Å²) >= 11 is 3.53. The molecule has 1 aliphatic rings. The van der Waals surface area contributed by atoms with E-state index in [9.17, 15) is 0 Å². The van der Waals surface area contributed by atoms with Crippen LogP contribution >= 0.6 is 22.7 Å². The molecular weight excluding hydrogens is 262 g/mol. The molecule has 0 aromatic carbocycles. The Hall–Kier alpha value is -0.780. The van der Waals surface area contributed by atoms with Crippen molar-refractivity contribution in [1.82, 2.24) is 14.9 Å². The predicted molar refractivity (Wildman–Crippen MR) is 76.2 cm³/mol. The second kappa shape index (κ2) is 5.47. The van der Waals surface area contributed by atoms with Crippen molar-refractivity contribution in [2.24, 2.45) is 0 Å². The van der Waals surface area contributed by atoms with Crippen molar-refractivity contribution < 1.29 is 0 Å². The Kier molecular flexibility index (Phi) is 3.72. The number of hydrogen-bond acceptors (Lipinski definition) is 5. The summed E-state index contributed by atoms with van der Waals surface area (Å²) in [4.78, 5) is 11.5. The van der Waals surface area contributed by atoms with Crippen molar-refractivity contribution in [2.45, 2.75) is 32.2 Å². The topological polar surface area (TPSA) is 29.0 Å². The molecule has 0 aliphatic carbocycles. The second-order valence-electron chi connectivity index (χ2n) is 4.80. The van der Waals surface area contributed by atoms with E-state index in [2.05, 4.69) is 32.6 Å². The van der Waals surface area contributed by atoms with Crippen LogP contribution in [0.2, 0.25) is 0 Å². The molecule has 1 atom stereocenters. The molecule has 0 bridgehead atoms.